The van der Waals surface area contributed by atoms with Crippen LogP contribution in [0.1, 0.15) is 10.4 Å². The molecule has 0 aromatic heterocycles. The van der Waals surface area contributed by atoms with Gasteiger partial charge in [0.2, 0.25) is 11.8 Å². The summed E-state index contributed by atoms with van der Waals surface area (Å²) >= 11 is 2.14. The van der Waals surface area contributed by atoms with Crippen LogP contribution in [0.3, 0.4) is 0 Å². The molecule has 6 heteroatoms. The second kappa shape index (κ2) is 4.82. The van der Waals surface area contributed by atoms with Gasteiger partial charge in [0.25, 0.3) is 5.91 Å². The Labute approximate surface area is 111 Å². The van der Waals surface area contributed by atoms with E-state index in [1.807, 2.05) is 0 Å². The van der Waals surface area contributed by atoms with Gasteiger partial charge < -0.3 is 4.90 Å². The number of hydrogen-bond acceptors (Lipinski definition) is 3. The van der Waals surface area contributed by atoms with Crippen molar-refractivity contribution in [2.45, 2.75) is 0 Å². The predicted molar refractivity (Wildman–Crippen MR) is 68.2 cm³/mol. The van der Waals surface area contributed by atoms with Crippen molar-refractivity contribution in [1.82, 2.24) is 10.2 Å². The maximum atomic E-state index is 12.0. The fraction of sp³-hybridized carbons (Fsp3) is 0.182. The number of carbonyl (C=O) groups is 3. The van der Waals surface area contributed by atoms with Crippen molar-refractivity contribution >= 4 is 40.3 Å². The Morgan fingerprint density at radius 2 is 1.65 bits per heavy atom. The molecule has 1 N–H and O–H groups in total. The standard InChI is InChI=1S/C11H9IN2O3/c12-8-3-1-7(2-4-8)11(17)14-5-9(15)13-10(16)6-14/h1-4H,5-6H2,(H,13,15,16). The highest BCUT2D eigenvalue weighted by atomic mass is 127. The van der Waals surface area contributed by atoms with E-state index in [9.17, 15) is 14.4 Å². The minimum atomic E-state index is -0.444. The molecule has 1 aliphatic heterocycles. The van der Waals surface area contributed by atoms with Crippen molar-refractivity contribution in [3.63, 3.8) is 0 Å². The third kappa shape index (κ3) is 2.82. The van der Waals surface area contributed by atoms with E-state index in [0.717, 1.165) is 3.57 Å². The first-order chi connectivity index (χ1) is 8.06. The lowest BCUT2D eigenvalue weighted by atomic mass is 10.2. The lowest BCUT2D eigenvalue weighted by molar-refractivity contribution is -0.135. The van der Waals surface area contributed by atoms with Crippen LogP contribution in [0.25, 0.3) is 0 Å². The molecule has 1 saturated heterocycles. The van der Waals surface area contributed by atoms with Crippen LogP contribution in [0.5, 0.6) is 0 Å². The summed E-state index contributed by atoms with van der Waals surface area (Å²) in [5, 5.41) is 2.15. The molecule has 1 fully saturated rings. The van der Waals surface area contributed by atoms with Gasteiger partial charge in [-0.2, -0.15) is 0 Å². The first kappa shape index (κ1) is 12.0. The zero-order valence-electron chi connectivity index (χ0n) is 8.77. The first-order valence-electron chi connectivity index (χ1n) is 4.94. The summed E-state index contributed by atoms with van der Waals surface area (Å²) in [6.45, 7) is -0.146. The number of nitrogens with one attached hydrogen (secondary N) is 1. The van der Waals surface area contributed by atoms with Crippen LogP contribution in [-0.2, 0) is 9.59 Å². The van der Waals surface area contributed by atoms with E-state index in [1.54, 1.807) is 24.3 Å². The molecule has 1 aromatic rings. The van der Waals surface area contributed by atoms with Gasteiger partial charge in [-0.05, 0) is 46.9 Å². The van der Waals surface area contributed by atoms with Crippen molar-refractivity contribution in [1.29, 1.82) is 0 Å². The summed E-state index contributed by atoms with van der Waals surface area (Å²) in [6.07, 6.45) is 0. The van der Waals surface area contributed by atoms with Crippen molar-refractivity contribution in [3.8, 4) is 0 Å². The predicted octanol–water partition coefficient (Wildman–Crippen LogP) is 0.390. The smallest absolute Gasteiger partial charge is 0.254 e. The van der Waals surface area contributed by atoms with E-state index < -0.39 is 11.8 Å². The molecule has 1 aliphatic rings. The Bertz CT molecular complexity index is 468. The number of imide groups is 1. The van der Waals surface area contributed by atoms with Crippen LogP contribution < -0.4 is 5.32 Å². The minimum Gasteiger partial charge on any atom is -0.320 e. The average Bonchev–Trinajstić information content (AvgIpc) is 2.28. The molecule has 5 nitrogen and oxygen atoms in total. The van der Waals surface area contributed by atoms with Crippen LogP contribution in [0.2, 0.25) is 0 Å². The van der Waals surface area contributed by atoms with Crippen LogP contribution in [-0.4, -0.2) is 35.7 Å². The van der Waals surface area contributed by atoms with E-state index >= 15 is 0 Å². The maximum Gasteiger partial charge on any atom is 0.254 e. The number of piperazine rings is 1. The Morgan fingerprint density at radius 1 is 1.12 bits per heavy atom. The number of benzene rings is 1. The van der Waals surface area contributed by atoms with Gasteiger partial charge in [0.15, 0.2) is 0 Å². The van der Waals surface area contributed by atoms with Crippen LogP contribution in [0, 0.1) is 3.57 Å². The minimum absolute atomic E-state index is 0.0729. The molecule has 0 unspecified atom stereocenters. The summed E-state index contributed by atoms with van der Waals surface area (Å²) in [5.74, 6) is -1.19. The van der Waals surface area contributed by atoms with E-state index in [2.05, 4.69) is 27.9 Å². The van der Waals surface area contributed by atoms with E-state index in [1.165, 1.54) is 4.90 Å². The maximum absolute atomic E-state index is 12.0. The molecule has 1 heterocycles. The molecular weight excluding hydrogens is 335 g/mol. The third-order valence-corrected chi connectivity index (χ3v) is 3.05. The molecule has 0 atom stereocenters. The highest BCUT2D eigenvalue weighted by Gasteiger charge is 2.26. The Morgan fingerprint density at radius 3 is 2.18 bits per heavy atom. The monoisotopic (exact) mass is 344 g/mol. The van der Waals surface area contributed by atoms with Gasteiger partial charge in [0.1, 0.15) is 13.1 Å². The van der Waals surface area contributed by atoms with Gasteiger partial charge in [-0.3, -0.25) is 19.7 Å². The number of carbonyl (C=O) groups excluding carboxylic acids is 3. The van der Waals surface area contributed by atoms with Gasteiger partial charge in [-0.25, -0.2) is 0 Å². The van der Waals surface area contributed by atoms with E-state index in [4.69, 9.17) is 0 Å². The Kier molecular flexibility index (Phi) is 3.41. The largest absolute Gasteiger partial charge is 0.320 e. The third-order valence-electron chi connectivity index (χ3n) is 2.33. The summed E-state index contributed by atoms with van der Waals surface area (Å²) in [6, 6.07) is 6.97. The van der Waals surface area contributed by atoms with Gasteiger partial charge in [0, 0.05) is 9.13 Å². The molecule has 3 amide bonds. The molecule has 2 rings (SSSR count). The highest BCUT2D eigenvalue weighted by Crippen LogP contribution is 2.10. The van der Waals surface area contributed by atoms with Crippen LogP contribution in [0.15, 0.2) is 24.3 Å². The van der Waals surface area contributed by atoms with Gasteiger partial charge in [-0.15, -0.1) is 0 Å². The molecular formula is C11H9IN2O3. The van der Waals surface area contributed by atoms with Gasteiger partial charge in [0.05, 0.1) is 0 Å². The molecule has 1 aromatic carbocycles. The number of hydrogen-bond donors (Lipinski definition) is 1. The molecule has 0 aliphatic carbocycles. The first-order valence-corrected chi connectivity index (χ1v) is 6.01. The lowest BCUT2D eigenvalue weighted by Gasteiger charge is -2.25. The average molecular weight is 344 g/mol. The Balaban J connectivity index is 2.17. The zero-order valence-corrected chi connectivity index (χ0v) is 10.9. The number of nitrogens with zero attached hydrogens (tertiary/aromatic N) is 1. The Hall–Kier alpha value is -1.44. The van der Waals surface area contributed by atoms with E-state index in [-0.39, 0.29) is 19.0 Å². The summed E-state index contributed by atoms with van der Waals surface area (Å²) < 4.78 is 1.02. The fourth-order valence-corrected chi connectivity index (χ4v) is 1.92. The molecule has 0 radical (unpaired) electrons. The van der Waals surface area contributed by atoms with Gasteiger partial charge in [-0.1, -0.05) is 0 Å². The summed E-state index contributed by atoms with van der Waals surface area (Å²) in [4.78, 5) is 35.5. The van der Waals surface area contributed by atoms with Crippen molar-refractivity contribution in [3.05, 3.63) is 33.4 Å². The molecule has 0 bridgehead atoms. The zero-order chi connectivity index (χ0) is 12.4. The number of rotatable bonds is 1. The molecule has 0 spiro atoms. The highest BCUT2D eigenvalue weighted by molar-refractivity contribution is 14.1. The quantitative estimate of drug-likeness (QED) is 0.592. The molecule has 0 saturated carbocycles. The van der Waals surface area contributed by atoms with E-state index in [0.29, 0.717) is 5.56 Å². The fourth-order valence-electron chi connectivity index (χ4n) is 1.56. The van der Waals surface area contributed by atoms with Crippen molar-refractivity contribution < 1.29 is 14.4 Å². The number of halogens is 1. The van der Waals surface area contributed by atoms with Crippen molar-refractivity contribution in [2.24, 2.45) is 0 Å². The SMILES string of the molecule is O=C1CN(C(=O)c2ccc(I)cc2)CC(=O)N1. The second-order valence-corrected chi connectivity index (χ2v) is 4.89. The lowest BCUT2D eigenvalue weighted by Crippen LogP contribution is -2.53. The van der Waals surface area contributed by atoms with Crippen molar-refractivity contribution in [2.75, 3.05) is 13.1 Å². The summed E-state index contributed by atoms with van der Waals surface area (Å²) in [7, 11) is 0. The topological polar surface area (TPSA) is 66.5 Å². The molecule has 88 valence electrons. The number of amides is 3. The molecule has 17 heavy (non-hydrogen) atoms. The second-order valence-electron chi connectivity index (χ2n) is 3.64. The van der Waals surface area contributed by atoms with Gasteiger partial charge >= 0.3 is 0 Å². The normalized spacial score (nSPS) is 15.7. The van der Waals surface area contributed by atoms with Crippen LogP contribution >= 0.6 is 22.6 Å². The van der Waals surface area contributed by atoms with Crippen LogP contribution in [0.4, 0.5) is 0 Å². The summed E-state index contributed by atoms with van der Waals surface area (Å²) in [5.41, 5.74) is 0.480.